The van der Waals surface area contributed by atoms with Crippen LogP contribution in [-0.2, 0) is 19.5 Å². The van der Waals surface area contributed by atoms with E-state index in [2.05, 4.69) is 53.3 Å². The van der Waals surface area contributed by atoms with Gasteiger partial charge >= 0.3 is 0 Å². The molecule has 1 fully saturated rings. The number of hydrogen-bond donors (Lipinski definition) is 1. The first kappa shape index (κ1) is 19.1. The molecule has 4 nitrogen and oxygen atoms in total. The third kappa shape index (κ3) is 5.15. The molecule has 2 heterocycles. The average Bonchev–Trinajstić information content (AvgIpc) is 3.23. The smallest absolute Gasteiger partial charge is 0.263 e. The average molecular weight is 372 g/mol. The summed E-state index contributed by atoms with van der Waals surface area (Å²) in [6.45, 7) is 10.3. The van der Waals surface area contributed by atoms with Crippen LogP contribution in [0.25, 0.3) is 0 Å². The van der Waals surface area contributed by atoms with Crippen LogP contribution in [0, 0.1) is 12.8 Å². The Hall–Kier alpha value is -1.72. The van der Waals surface area contributed by atoms with Gasteiger partial charge in [-0.25, -0.2) is 4.98 Å². The van der Waals surface area contributed by atoms with Gasteiger partial charge in [0.15, 0.2) is 0 Å². The summed E-state index contributed by atoms with van der Waals surface area (Å²) in [6, 6.07) is 8.60. The topological polar surface area (TPSA) is 45.2 Å². The third-order valence-corrected chi connectivity index (χ3v) is 5.89. The molecule has 1 aliphatic rings. The van der Waals surface area contributed by atoms with E-state index < -0.39 is 0 Å². The molecule has 0 atom stereocenters. The van der Waals surface area contributed by atoms with Crippen LogP contribution >= 0.6 is 11.3 Å². The van der Waals surface area contributed by atoms with E-state index in [4.69, 9.17) is 0 Å². The first-order chi connectivity index (χ1) is 12.5. The molecule has 0 saturated carbocycles. The lowest BCUT2D eigenvalue weighted by Gasteiger charge is -2.14. The highest BCUT2D eigenvalue weighted by atomic mass is 32.1. The predicted octanol–water partition coefficient (Wildman–Crippen LogP) is 4.18. The zero-order valence-corrected chi connectivity index (χ0v) is 16.9. The summed E-state index contributed by atoms with van der Waals surface area (Å²) in [6.07, 6.45) is 3.57. The van der Waals surface area contributed by atoms with Crippen molar-refractivity contribution in [3.63, 3.8) is 0 Å². The Morgan fingerprint density at radius 3 is 2.50 bits per heavy atom. The van der Waals surface area contributed by atoms with Crippen LogP contribution in [0.4, 0.5) is 0 Å². The highest BCUT2D eigenvalue weighted by Gasteiger charge is 2.16. The Morgan fingerprint density at radius 2 is 1.85 bits per heavy atom. The number of nitrogens with one attached hydrogen (secondary N) is 1. The van der Waals surface area contributed by atoms with E-state index in [0.29, 0.717) is 12.5 Å². The van der Waals surface area contributed by atoms with Crippen LogP contribution in [-0.4, -0.2) is 28.9 Å². The van der Waals surface area contributed by atoms with Gasteiger partial charge in [-0.3, -0.25) is 9.69 Å². The molecule has 2 aromatic rings. The Bertz CT molecular complexity index is 730. The number of hydrogen-bond acceptors (Lipinski definition) is 4. The summed E-state index contributed by atoms with van der Waals surface area (Å²) in [5.74, 6) is 0.534. The Morgan fingerprint density at radius 1 is 1.19 bits per heavy atom. The van der Waals surface area contributed by atoms with Crippen molar-refractivity contribution in [2.45, 2.75) is 53.1 Å². The molecule has 3 rings (SSSR count). The Balaban J connectivity index is 1.53. The van der Waals surface area contributed by atoms with E-state index >= 15 is 0 Å². The summed E-state index contributed by atoms with van der Waals surface area (Å²) < 4.78 is 0. The molecular weight excluding hydrogens is 342 g/mol. The summed E-state index contributed by atoms with van der Waals surface area (Å²) in [5.41, 5.74) is 3.32. The molecule has 0 unspecified atom stereocenters. The van der Waals surface area contributed by atoms with Crippen molar-refractivity contribution in [1.82, 2.24) is 15.2 Å². The number of nitrogens with zero attached hydrogens (tertiary/aromatic N) is 2. The highest BCUT2D eigenvalue weighted by Crippen LogP contribution is 2.21. The minimum Gasteiger partial charge on any atom is -0.347 e. The van der Waals surface area contributed by atoms with Crippen LogP contribution in [0.3, 0.4) is 0 Å². The van der Waals surface area contributed by atoms with E-state index in [1.54, 1.807) is 0 Å². The summed E-state index contributed by atoms with van der Waals surface area (Å²) in [5, 5.41) is 4.09. The molecule has 1 aromatic heterocycles. The fourth-order valence-corrected chi connectivity index (χ4v) is 4.52. The maximum absolute atomic E-state index is 12.5. The second-order valence-electron chi connectivity index (χ2n) is 7.60. The monoisotopic (exact) mass is 371 g/mol. The fourth-order valence-electron chi connectivity index (χ4n) is 3.32. The van der Waals surface area contributed by atoms with Crippen molar-refractivity contribution in [3.8, 4) is 0 Å². The van der Waals surface area contributed by atoms with Gasteiger partial charge in [-0.2, -0.15) is 0 Å². The number of aromatic nitrogens is 1. The molecule has 0 radical (unpaired) electrons. The number of carbonyl (C=O) groups excluding carboxylic acids is 1. The van der Waals surface area contributed by atoms with Crippen molar-refractivity contribution in [2.75, 3.05) is 13.1 Å². The molecule has 26 heavy (non-hydrogen) atoms. The zero-order chi connectivity index (χ0) is 18.5. The summed E-state index contributed by atoms with van der Waals surface area (Å²) in [4.78, 5) is 20.3. The molecule has 1 aliphatic heterocycles. The van der Waals surface area contributed by atoms with Crippen molar-refractivity contribution in [2.24, 2.45) is 5.92 Å². The number of thiazole rings is 1. The van der Waals surface area contributed by atoms with Gasteiger partial charge < -0.3 is 5.32 Å². The number of rotatable bonds is 7. The van der Waals surface area contributed by atoms with Crippen molar-refractivity contribution in [3.05, 3.63) is 51.0 Å². The van der Waals surface area contributed by atoms with E-state index in [9.17, 15) is 4.79 Å². The van der Waals surface area contributed by atoms with Crippen LogP contribution in [0.2, 0.25) is 0 Å². The standard InChI is InChI=1S/C21H29N3OS/c1-15(2)12-19-23-16(3)20(26-19)21(25)22-13-17-6-8-18(9-7-17)14-24-10-4-5-11-24/h6-9,15H,4-5,10-14H2,1-3H3,(H,22,25). The Kier molecular flexibility index (Phi) is 6.43. The van der Waals surface area contributed by atoms with Gasteiger partial charge in [0.25, 0.3) is 5.91 Å². The molecular formula is C21H29N3OS. The zero-order valence-electron chi connectivity index (χ0n) is 16.0. The lowest BCUT2D eigenvalue weighted by atomic mass is 10.1. The van der Waals surface area contributed by atoms with E-state index in [-0.39, 0.29) is 5.91 Å². The molecule has 0 aliphatic carbocycles. The molecule has 1 amide bonds. The normalized spacial score (nSPS) is 14.9. The molecule has 1 aromatic carbocycles. The number of aryl methyl sites for hydroxylation is 1. The minimum atomic E-state index is -0.0175. The maximum Gasteiger partial charge on any atom is 0.263 e. The van der Waals surface area contributed by atoms with E-state index in [1.165, 1.54) is 42.8 Å². The Labute approximate surface area is 160 Å². The molecule has 0 spiro atoms. The van der Waals surface area contributed by atoms with E-state index in [1.807, 2.05) is 6.92 Å². The van der Waals surface area contributed by atoms with Gasteiger partial charge in [-0.15, -0.1) is 11.3 Å². The second-order valence-corrected chi connectivity index (χ2v) is 8.69. The molecule has 140 valence electrons. The lowest BCUT2D eigenvalue weighted by molar-refractivity contribution is 0.0954. The van der Waals surface area contributed by atoms with Crippen molar-refractivity contribution < 1.29 is 4.79 Å². The van der Waals surface area contributed by atoms with Gasteiger partial charge in [-0.1, -0.05) is 38.1 Å². The molecule has 5 heteroatoms. The lowest BCUT2D eigenvalue weighted by Crippen LogP contribution is -2.22. The first-order valence-electron chi connectivity index (χ1n) is 9.56. The SMILES string of the molecule is Cc1nc(CC(C)C)sc1C(=O)NCc1ccc(CN2CCCC2)cc1. The van der Waals surface area contributed by atoms with Gasteiger partial charge in [-0.05, 0) is 49.9 Å². The maximum atomic E-state index is 12.5. The van der Waals surface area contributed by atoms with Crippen molar-refractivity contribution >= 4 is 17.2 Å². The third-order valence-electron chi connectivity index (χ3n) is 4.71. The van der Waals surface area contributed by atoms with Gasteiger partial charge in [0.2, 0.25) is 0 Å². The summed E-state index contributed by atoms with van der Waals surface area (Å²) >= 11 is 1.52. The van der Waals surface area contributed by atoms with Crippen LogP contribution in [0.15, 0.2) is 24.3 Å². The van der Waals surface area contributed by atoms with Gasteiger partial charge in [0.05, 0.1) is 10.7 Å². The van der Waals surface area contributed by atoms with Crippen LogP contribution < -0.4 is 5.32 Å². The fraction of sp³-hybridized carbons (Fsp3) is 0.524. The largest absolute Gasteiger partial charge is 0.347 e. The summed E-state index contributed by atoms with van der Waals surface area (Å²) in [7, 11) is 0. The number of amides is 1. The van der Waals surface area contributed by atoms with Crippen LogP contribution in [0.1, 0.15) is 58.2 Å². The number of likely N-dealkylation sites (tertiary alicyclic amines) is 1. The molecule has 1 saturated heterocycles. The quantitative estimate of drug-likeness (QED) is 0.794. The predicted molar refractivity (Wildman–Crippen MR) is 108 cm³/mol. The van der Waals surface area contributed by atoms with Crippen molar-refractivity contribution in [1.29, 1.82) is 0 Å². The second kappa shape index (κ2) is 8.78. The molecule has 1 N–H and O–H groups in total. The van der Waals surface area contributed by atoms with Gasteiger partial charge in [0, 0.05) is 19.5 Å². The number of carbonyl (C=O) groups is 1. The van der Waals surface area contributed by atoms with E-state index in [0.717, 1.165) is 34.1 Å². The van der Waals surface area contributed by atoms with Crippen LogP contribution in [0.5, 0.6) is 0 Å². The minimum absolute atomic E-state index is 0.0175. The highest BCUT2D eigenvalue weighted by molar-refractivity contribution is 7.13. The van der Waals surface area contributed by atoms with Gasteiger partial charge in [0.1, 0.15) is 4.88 Å². The first-order valence-corrected chi connectivity index (χ1v) is 10.4. The number of benzene rings is 1. The molecule has 0 bridgehead atoms.